The van der Waals surface area contributed by atoms with Crippen LogP contribution in [0, 0.1) is 17.5 Å². The molecule has 0 aliphatic carbocycles. The molecule has 0 saturated carbocycles. The molecule has 1 aliphatic rings. The van der Waals surface area contributed by atoms with Crippen LogP contribution >= 0.6 is 15.9 Å². The lowest BCUT2D eigenvalue weighted by Gasteiger charge is -2.13. The second-order valence-electron chi connectivity index (χ2n) is 4.67. The van der Waals surface area contributed by atoms with Crippen molar-refractivity contribution in [3.8, 4) is 0 Å². The van der Waals surface area contributed by atoms with Crippen molar-refractivity contribution in [2.45, 2.75) is 18.0 Å². The first kappa shape index (κ1) is 13.6. The smallest absolute Gasteiger partial charge is 0.161 e. The van der Waals surface area contributed by atoms with Gasteiger partial charge >= 0.3 is 0 Å². The third-order valence-electron chi connectivity index (χ3n) is 3.35. The Bertz CT molecular complexity index is 672. The largest absolute Gasteiger partial charge is 0.372 e. The molecule has 1 aliphatic heterocycles. The molecule has 1 heterocycles. The number of halogens is 4. The Hall–Kier alpha value is -1.33. The average molecular weight is 343 g/mol. The molecule has 0 amide bonds. The predicted octanol–water partition coefficient (Wildman–Crippen LogP) is 4.62. The lowest BCUT2D eigenvalue weighted by atomic mass is 10.00. The summed E-state index contributed by atoms with van der Waals surface area (Å²) in [4.78, 5) is -0.538. The van der Waals surface area contributed by atoms with E-state index in [0.29, 0.717) is 19.3 Å². The van der Waals surface area contributed by atoms with Gasteiger partial charge in [-0.2, -0.15) is 0 Å². The summed E-state index contributed by atoms with van der Waals surface area (Å²) in [6.45, 7) is 1.09. The third-order valence-corrected chi connectivity index (χ3v) is 4.37. The lowest BCUT2D eigenvalue weighted by molar-refractivity contribution is 0.134. The van der Waals surface area contributed by atoms with Crippen LogP contribution in [-0.2, 0) is 18.0 Å². The van der Waals surface area contributed by atoms with Crippen LogP contribution in [0.15, 0.2) is 30.3 Å². The summed E-state index contributed by atoms with van der Waals surface area (Å²) in [5.41, 5.74) is 2.98. The van der Waals surface area contributed by atoms with Gasteiger partial charge in [0.05, 0.1) is 18.0 Å². The highest BCUT2D eigenvalue weighted by Gasteiger charge is 2.20. The van der Waals surface area contributed by atoms with Gasteiger partial charge in [-0.1, -0.05) is 34.1 Å². The molecular weight excluding hydrogens is 333 g/mol. The molecule has 0 fully saturated rings. The van der Waals surface area contributed by atoms with E-state index in [-0.39, 0.29) is 5.56 Å². The van der Waals surface area contributed by atoms with E-state index in [0.717, 1.165) is 22.8 Å². The van der Waals surface area contributed by atoms with Crippen molar-refractivity contribution in [2.24, 2.45) is 0 Å². The first-order valence-electron chi connectivity index (χ1n) is 6.04. The van der Waals surface area contributed by atoms with E-state index in [1.54, 1.807) is 0 Å². The highest BCUT2D eigenvalue weighted by Crippen LogP contribution is 2.35. The fourth-order valence-electron chi connectivity index (χ4n) is 2.26. The standard InChI is InChI=1S/C15H10BrF3O/c16-15(11-4-13(18)14(19)5-12(11)17)8-1-2-9-6-20-7-10(9)3-8/h1-5,15H,6-7H2. The van der Waals surface area contributed by atoms with E-state index >= 15 is 0 Å². The highest BCUT2D eigenvalue weighted by atomic mass is 79.9. The van der Waals surface area contributed by atoms with E-state index in [1.807, 2.05) is 18.2 Å². The van der Waals surface area contributed by atoms with E-state index in [9.17, 15) is 13.2 Å². The number of hydrogen-bond acceptors (Lipinski definition) is 1. The molecule has 0 radical (unpaired) electrons. The van der Waals surface area contributed by atoms with Gasteiger partial charge in [0.15, 0.2) is 11.6 Å². The number of alkyl halides is 1. The molecule has 0 N–H and O–H groups in total. The van der Waals surface area contributed by atoms with Crippen LogP contribution in [0.25, 0.3) is 0 Å². The SMILES string of the molecule is Fc1cc(F)c(C(Br)c2ccc3c(c2)COC3)cc1F. The van der Waals surface area contributed by atoms with Crippen LogP contribution in [0.4, 0.5) is 13.2 Å². The Labute approximate surface area is 122 Å². The van der Waals surface area contributed by atoms with Gasteiger partial charge in [0.1, 0.15) is 5.82 Å². The maximum atomic E-state index is 13.8. The second kappa shape index (κ2) is 5.22. The molecular formula is C15H10BrF3O. The summed E-state index contributed by atoms with van der Waals surface area (Å²) < 4.78 is 45.3. The normalized spacial score (nSPS) is 15.2. The molecule has 2 aromatic carbocycles. The molecule has 0 spiro atoms. The third kappa shape index (κ3) is 2.36. The first-order valence-corrected chi connectivity index (χ1v) is 6.96. The zero-order valence-corrected chi connectivity index (χ0v) is 11.9. The molecule has 1 atom stereocenters. The van der Waals surface area contributed by atoms with Crippen molar-refractivity contribution in [1.82, 2.24) is 0 Å². The van der Waals surface area contributed by atoms with Crippen molar-refractivity contribution in [2.75, 3.05) is 0 Å². The van der Waals surface area contributed by atoms with Crippen LogP contribution in [-0.4, -0.2) is 0 Å². The summed E-state index contributed by atoms with van der Waals surface area (Å²) in [6.07, 6.45) is 0. The van der Waals surface area contributed by atoms with Gasteiger partial charge < -0.3 is 4.74 Å². The Morgan fingerprint density at radius 3 is 2.40 bits per heavy atom. The van der Waals surface area contributed by atoms with Gasteiger partial charge in [-0.15, -0.1) is 0 Å². The molecule has 3 rings (SSSR count). The van der Waals surface area contributed by atoms with Gasteiger partial charge in [0.2, 0.25) is 0 Å². The van der Waals surface area contributed by atoms with E-state index in [4.69, 9.17) is 4.74 Å². The van der Waals surface area contributed by atoms with Gasteiger partial charge in [-0.25, -0.2) is 13.2 Å². The predicted molar refractivity (Wildman–Crippen MR) is 72.0 cm³/mol. The Morgan fingerprint density at radius 1 is 0.900 bits per heavy atom. The minimum absolute atomic E-state index is 0.0720. The summed E-state index contributed by atoms with van der Waals surface area (Å²) in [5, 5.41) is 0. The molecule has 0 aromatic heterocycles. The number of rotatable bonds is 2. The molecule has 2 aromatic rings. The number of benzene rings is 2. The van der Waals surface area contributed by atoms with E-state index < -0.39 is 22.3 Å². The highest BCUT2D eigenvalue weighted by molar-refractivity contribution is 9.09. The Kier molecular flexibility index (Phi) is 3.56. The van der Waals surface area contributed by atoms with Crippen LogP contribution in [0.5, 0.6) is 0 Å². The van der Waals surface area contributed by atoms with Crippen molar-refractivity contribution in [3.63, 3.8) is 0 Å². The first-order chi connectivity index (χ1) is 9.56. The molecule has 5 heteroatoms. The van der Waals surface area contributed by atoms with Crippen LogP contribution in [0.3, 0.4) is 0 Å². The van der Waals surface area contributed by atoms with Crippen molar-refractivity contribution in [1.29, 1.82) is 0 Å². The maximum absolute atomic E-state index is 13.8. The molecule has 0 saturated heterocycles. The topological polar surface area (TPSA) is 9.23 Å². The zero-order valence-electron chi connectivity index (χ0n) is 10.3. The Balaban J connectivity index is 2.00. The molecule has 20 heavy (non-hydrogen) atoms. The quantitative estimate of drug-likeness (QED) is 0.571. The summed E-state index contributed by atoms with van der Waals surface area (Å²) in [7, 11) is 0. The summed E-state index contributed by atoms with van der Waals surface area (Å²) >= 11 is 3.34. The average Bonchev–Trinajstić information content (AvgIpc) is 2.89. The number of ether oxygens (including phenoxy) is 1. The molecule has 1 nitrogen and oxygen atoms in total. The summed E-state index contributed by atoms with van der Waals surface area (Å²) in [6, 6.07) is 7.07. The Morgan fingerprint density at radius 2 is 1.60 bits per heavy atom. The fourth-order valence-corrected chi connectivity index (χ4v) is 2.90. The number of fused-ring (bicyclic) bond motifs is 1. The van der Waals surface area contributed by atoms with Gasteiger partial charge in [-0.05, 0) is 22.8 Å². The molecule has 0 bridgehead atoms. The van der Waals surface area contributed by atoms with Gasteiger partial charge in [-0.3, -0.25) is 0 Å². The van der Waals surface area contributed by atoms with E-state index in [1.165, 1.54) is 0 Å². The minimum Gasteiger partial charge on any atom is -0.372 e. The van der Waals surface area contributed by atoms with Gasteiger partial charge in [0.25, 0.3) is 0 Å². The van der Waals surface area contributed by atoms with Crippen molar-refractivity contribution in [3.05, 3.63) is 70.0 Å². The minimum atomic E-state index is -1.19. The zero-order chi connectivity index (χ0) is 14.3. The van der Waals surface area contributed by atoms with Crippen LogP contribution in [0.1, 0.15) is 27.1 Å². The molecule has 1 unspecified atom stereocenters. The van der Waals surface area contributed by atoms with Crippen LogP contribution < -0.4 is 0 Å². The monoisotopic (exact) mass is 342 g/mol. The fraction of sp³-hybridized carbons (Fsp3) is 0.200. The maximum Gasteiger partial charge on any atom is 0.161 e. The van der Waals surface area contributed by atoms with Crippen molar-refractivity contribution >= 4 is 15.9 Å². The number of hydrogen-bond donors (Lipinski definition) is 0. The van der Waals surface area contributed by atoms with E-state index in [2.05, 4.69) is 15.9 Å². The van der Waals surface area contributed by atoms with Gasteiger partial charge in [0, 0.05) is 11.6 Å². The second-order valence-corrected chi connectivity index (χ2v) is 5.59. The van der Waals surface area contributed by atoms with Crippen molar-refractivity contribution < 1.29 is 17.9 Å². The molecule has 104 valence electrons. The van der Waals surface area contributed by atoms with Crippen LogP contribution in [0.2, 0.25) is 0 Å². The summed E-state index contributed by atoms with van der Waals surface area (Å²) in [5.74, 6) is -3.02. The lowest BCUT2D eigenvalue weighted by Crippen LogP contribution is -2.00.